The molecule has 0 aliphatic carbocycles. The van der Waals surface area contributed by atoms with Crippen molar-refractivity contribution in [2.75, 3.05) is 17.6 Å². The first-order chi connectivity index (χ1) is 6.95. The first-order valence-corrected chi connectivity index (χ1v) is 4.12. The number of nitrogen functional groups attached to an aromatic ring is 1. The lowest BCUT2D eigenvalue weighted by molar-refractivity contribution is -0.137. The van der Waals surface area contributed by atoms with Crippen LogP contribution >= 0.6 is 0 Å². The molecule has 15 heavy (non-hydrogen) atoms. The molecule has 3 nitrogen and oxygen atoms in total. The quantitative estimate of drug-likeness (QED) is 0.763. The summed E-state index contributed by atoms with van der Waals surface area (Å²) in [5.41, 5.74) is 4.51. The maximum absolute atomic E-state index is 12.2. The van der Waals surface area contributed by atoms with Crippen LogP contribution in [0.4, 0.5) is 24.7 Å². The molecule has 0 aliphatic heterocycles. The third kappa shape index (κ3) is 2.87. The summed E-state index contributed by atoms with van der Waals surface area (Å²) in [7, 11) is 0. The molecule has 0 fully saturated rings. The van der Waals surface area contributed by atoms with Crippen LogP contribution in [0, 0.1) is 0 Å². The van der Waals surface area contributed by atoms with E-state index in [2.05, 4.69) is 16.9 Å². The number of anilines is 2. The van der Waals surface area contributed by atoms with Gasteiger partial charge in [0.05, 0.1) is 11.3 Å². The summed E-state index contributed by atoms with van der Waals surface area (Å²) in [5.74, 6) is 0.225. The molecule has 0 bridgehead atoms. The van der Waals surface area contributed by atoms with Gasteiger partial charge >= 0.3 is 6.18 Å². The zero-order valence-electron chi connectivity index (χ0n) is 7.80. The lowest BCUT2D eigenvalue weighted by Crippen LogP contribution is -2.09. The first kappa shape index (κ1) is 11.4. The summed E-state index contributed by atoms with van der Waals surface area (Å²) in [6.45, 7) is 3.84. The molecule has 1 aromatic rings. The van der Waals surface area contributed by atoms with Crippen molar-refractivity contribution in [1.29, 1.82) is 0 Å². The monoisotopic (exact) mass is 217 g/mol. The van der Waals surface area contributed by atoms with Crippen LogP contribution in [0.3, 0.4) is 0 Å². The van der Waals surface area contributed by atoms with Crippen molar-refractivity contribution in [2.24, 2.45) is 0 Å². The van der Waals surface area contributed by atoms with Gasteiger partial charge in [0.15, 0.2) is 0 Å². The highest BCUT2D eigenvalue weighted by Gasteiger charge is 2.31. The maximum Gasteiger partial charge on any atom is 0.417 e. The Labute approximate surface area is 84.8 Å². The van der Waals surface area contributed by atoms with E-state index in [1.807, 2.05) is 0 Å². The van der Waals surface area contributed by atoms with Crippen molar-refractivity contribution in [3.8, 4) is 0 Å². The van der Waals surface area contributed by atoms with Crippen LogP contribution in [-0.4, -0.2) is 11.5 Å². The predicted molar refractivity (Wildman–Crippen MR) is 52.3 cm³/mol. The standard InChI is InChI=1S/C9H10F3N3/c1-2-3-14-8-7(13)4-6(5-15-8)9(10,11)12/h2,4-5H,1,3,13H2,(H,14,15). The third-order valence-corrected chi connectivity index (χ3v) is 1.66. The van der Waals surface area contributed by atoms with E-state index in [1.165, 1.54) is 0 Å². The SMILES string of the molecule is C=CCNc1ncc(C(F)(F)F)cc1N. The van der Waals surface area contributed by atoms with Gasteiger partial charge in [0.1, 0.15) is 5.82 Å². The van der Waals surface area contributed by atoms with Gasteiger partial charge < -0.3 is 11.1 Å². The smallest absolute Gasteiger partial charge is 0.396 e. The third-order valence-electron chi connectivity index (χ3n) is 1.66. The zero-order valence-corrected chi connectivity index (χ0v) is 7.80. The van der Waals surface area contributed by atoms with Gasteiger partial charge in [0.25, 0.3) is 0 Å². The van der Waals surface area contributed by atoms with Crippen molar-refractivity contribution in [3.63, 3.8) is 0 Å². The van der Waals surface area contributed by atoms with E-state index in [0.29, 0.717) is 6.54 Å². The molecular weight excluding hydrogens is 207 g/mol. The average Bonchev–Trinajstić information content (AvgIpc) is 2.14. The van der Waals surface area contributed by atoms with Crippen LogP contribution < -0.4 is 11.1 Å². The summed E-state index contributed by atoms with van der Waals surface area (Å²) in [5, 5.41) is 2.72. The Morgan fingerprint density at radius 3 is 2.67 bits per heavy atom. The van der Waals surface area contributed by atoms with Crippen molar-refractivity contribution in [1.82, 2.24) is 4.98 Å². The molecule has 0 radical (unpaired) electrons. The summed E-state index contributed by atoms with van der Waals surface area (Å²) in [4.78, 5) is 3.58. The molecule has 3 N–H and O–H groups in total. The number of alkyl halides is 3. The van der Waals surface area contributed by atoms with E-state index in [1.54, 1.807) is 6.08 Å². The molecule has 0 spiro atoms. The number of halogens is 3. The molecule has 1 rings (SSSR count). The molecule has 1 aromatic heterocycles. The topological polar surface area (TPSA) is 50.9 Å². The van der Waals surface area contributed by atoms with Crippen LogP contribution in [0.15, 0.2) is 24.9 Å². The van der Waals surface area contributed by atoms with E-state index in [4.69, 9.17) is 5.73 Å². The molecule has 0 atom stereocenters. The van der Waals surface area contributed by atoms with Gasteiger partial charge in [-0.05, 0) is 6.07 Å². The van der Waals surface area contributed by atoms with E-state index in [-0.39, 0.29) is 11.5 Å². The summed E-state index contributed by atoms with van der Waals surface area (Å²) in [6.07, 6.45) is -2.13. The number of pyridine rings is 1. The molecule has 0 aromatic carbocycles. The van der Waals surface area contributed by atoms with Crippen molar-refractivity contribution in [3.05, 3.63) is 30.5 Å². The average molecular weight is 217 g/mol. The summed E-state index contributed by atoms with van der Waals surface area (Å²) in [6, 6.07) is 0.846. The second kappa shape index (κ2) is 4.20. The van der Waals surface area contributed by atoms with E-state index in [0.717, 1.165) is 12.3 Å². The number of rotatable bonds is 3. The Kier molecular flexibility index (Phi) is 3.18. The van der Waals surface area contributed by atoms with Crippen molar-refractivity contribution < 1.29 is 13.2 Å². The maximum atomic E-state index is 12.2. The predicted octanol–water partition coefficient (Wildman–Crippen LogP) is 2.28. The minimum absolute atomic E-state index is 0.0355. The normalized spacial score (nSPS) is 11.1. The van der Waals surface area contributed by atoms with Crippen LogP contribution in [0.5, 0.6) is 0 Å². The minimum atomic E-state index is -4.42. The fourth-order valence-corrected chi connectivity index (χ4v) is 0.953. The lowest BCUT2D eigenvalue weighted by Gasteiger charge is -2.10. The number of nitrogens with two attached hydrogens (primary N) is 1. The molecule has 0 saturated heterocycles. The fraction of sp³-hybridized carbons (Fsp3) is 0.222. The van der Waals surface area contributed by atoms with Gasteiger partial charge in [-0.1, -0.05) is 6.08 Å². The molecule has 1 heterocycles. The molecule has 82 valence electrons. The second-order valence-corrected chi connectivity index (χ2v) is 2.83. The number of aromatic nitrogens is 1. The fourth-order valence-electron chi connectivity index (χ4n) is 0.953. The zero-order chi connectivity index (χ0) is 11.5. The lowest BCUT2D eigenvalue weighted by atomic mass is 10.2. The molecular formula is C9H10F3N3. The van der Waals surface area contributed by atoms with Gasteiger partial charge in [-0.15, -0.1) is 6.58 Å². The Balaban J connectivity index is 2.93. The second-order valence-electron chi connectivity index (χ2n) is 2.83. The van der Waals surface area contributed by atoms with Gasteiger partial charge in [0, 0.05) is 12.7 Å². The highest BCUT2D eigenvalue weighted by Crippen LogP contribution is 2.31. The van der Waals surface area contributed by atoms with Crippen LogP contribution in [-0.2, 0) is 6.18 Å². The molecule has 0 unspecified atom stereocenters. The van der Waals surface area contributed by atoms with Crippen molar-refractivity contribution >= 4 is 11.5 Å². The number of hydrogen-bond acceptors (Lipinski definition) is 3. The Bertz CT molecular complexity index is 360. The van der Waals surface area contributed by atoms with Crippen LogP contribution in [0.25, 0.3) is 0 Å². The Hall–Kier alpha value is -1.72. The largest absolute Gasteiger partial charge is 0.417 e. The van der Waals surface area contributed by atoms with Gasteiger partial charge in [-0.3, -0.25) is 0 Å². The van der Waals surface area contributed by atoms with Crippen LogP contribution in [0.2, 0.25) is 0 Å². The van der Waals surface area contributed by atoms with Gasteiger partial charge in [-0.2, -0.15) is 13.2 Å². The highest BCUT2D eigenvalue weighted by atomic mass is 19.4. The van der Waals surface area contributed by atoms with Crippen molar-refractivity contribution in [2.45, 2.75) is 6.18 Å². The molecule has 0 amide bonds. The van der Waals surface area contributed by atoms with E-state index >= 15 is 0 Å². The number of hydrogen-bond donors (Lipinski definition) is 2. The van der Waals surface area contributed by atoms with Gasteiger partial charge in [-0.25, -0.2) is 4.98 Å². The van der Waals surface area contributed by atoms with Gasteiger partial charge in [0.2, 0.25) is 0 Å². The summed E-state index contributed by atoms with van der Waals surface area (Å²) < 4.78 is 36.7. The molecule has 0 aliphatic rings. The minimum Gasteiger partial charge on any atom is -0.396 e. The number of nitrogens with zero attached hydrogens (tertiary/aromatic N) is 1. The Morgan fingerprint density at radius 2 is 2.20 bits per heavy atom. The molecule has 0 saturated carbocycles. The van der Waals surface area contributed by atoms with E-state index in [9.17, 15) is 13.2 Å². The molecule has 6 heteroatoms. The Morgan fingerprint density at radius 1 is 1.53 bits per heavy atom. The number of nitrogens with one attached hydrogen (secondary N) is 1. The van der Waals surface area contributed by atoms with E-state index < -0.39 is 11.7 Å². The first-order valence-electron chi connectivity index (χ1n) is 4.12. The van der Waals surface area contributed by atoms with Crippen LogP contribution in [0.1, 0.15) is 5.56 Å². The summed E-state index contributed by atoms with van der Waals surface area (Å²) >= 11 is 0. The highest BCUT2D eigenvalue weighted by molar-refractivity contribution is 5.62.